The highest BCUT2D eigenvalue weighted by Gasteiger charge is 2.22. The predicted octanol–water partition coefficient (Wildman–Crippen LogP) is -0.207. The average molecular weight is 223 g/mol. The monoisotopic (exact) mass is 223 g/mol. The summed E-state index contributed by atoms with van der Waals surface area (Å²) in [6, 6.07) is 2.92. The summed E-state index contributed by atoms with van der Waals surface area (Å²) in [6.07, 6.45) is 3.17. The second-order valence-electron chi connectivity index (χ2n) is 3.57. The van der Waals surface area contributed by atoms with Crippen LogP contribution < -0.4 is 16.2 Å². The summed E-state index contributed by atoms with van der Waals surface area (Å²) in [5.74, 6) is -0.520. The first-order chi connectivity index (χ1) is 7.77. The summed E-state index contributed by atoms with van der Waals surface area (Å²) < 4.78 is 4.87. The molecule has 1 fully saturated rings. The van der Waals surface area contributed by atoms with Crippen LogP contribution in [-0.2, 0) is 4.79 Å². The van der Waals surface area contributed by atoms with Crippen molar-refractivity contribution in [1.29, 1.82) is 0 Å². The van der Waals surface area contributed by atoms with Gasteiger partial charge in [0.15, 0.2) is 5.76 Å². The van der Waals surface area contributed by atoms with Crippen LogP contribution in [0.1, 0.15) is 23.4 Å². The molecule has 86 valence electrons. The summed E-state index contributed by atoms with van der Waals surface area (Å²) in [6.45, 7) is 0.838. The normalized spacial score (nSPS) is 19.4. The summed E-state index contributed by atoms with van der Waals surface area (Å²) in [7, 11) is 0. The first kappa shape index (κ1) is 10.7. The molecule has 0 aromatic carbocycles. The molecule has 3 N–H and O–H groups in total. The van der Waals surface area contributed by atoms with Crippen molar-refractivity contribution in [2.45, 2.75) is 18.9 Å². The van der Waals surface area contributed by atoms with Gasteiger partial charge in [0.25, 0.3) is 5.91 Å². The zero-order valence-corrected chi connectivity index (χ0v) is 8.66. The van der Waals surface area contributed by atoms with Gasteiger partial charge in [0.2, 0.25) is 0 Å². The molecule has 2 amide bonds. The number of hydrazine groups is 1. The van der Waals surface area contributed by atoms with Crippen LogP contribution in [0.25, 0.3) is 0 Å². The van der Waals surface area contributed by atoms with Crippen molar-refractivity contribution >= 4 is 11.8 Å². The Kier molecular flexibility index (Phi) is 3.21. The van der Waals surface area contributed by atoms with Crippen LogP contribution in [0.4, 0.5) is 0 Å². The van der Waals surface area contributed by atoms with Crippen LogP contribution in [0.3, 0.4) is 0 Å². The number of nitrogens with one attached hydrogen (secondary N) is 3. The number of rotatable bonds is 2. The lowest BCUT2D eigenvalue weighted by molar-refractivity contribution is -0.123. The maximum atomic E-state index is 11.5. The lowest BCUT2D eigenvalue weighted by Crippen LogP contribution is -2.49. The molecule has 1 atom stereocenters. The van der Waals surface area contributed by atoms with Crippen LogP contribution in [0.2, 0.25) is 0 Å². The average Bonchev–Trinajstić information content (AvgIpc) is 2.95. The molecular formula is C10H13N3O3. The van der Waals surface area contributed by atoms with E-state index in [1.165, 1.54) is 12.3 Å². The first-order valence-electron chi connectivity index (χ1n) is 5.14. The van der Waals surface area contributed by atoms with E-state index in [9.17, 15) is 9.59 Å². The van der Waals surface area contributed by atoms with Crippen LogP contribution in [0.5, 0.6) is 0 Å². The smallest absolute Gasteiger partial charge is 0.305 e. The van der Waals surface area contributed by atoms with Gasteiger partial charge in [-0.25, -0.2) is 0 Å². The van der Waals surface area contributed by atoms with Crippen LogP contribution in [0.15, 0.2) is 22.8 Å². The molecule has 1 aromatic rings. The first-order valence-corrected chi connectivity index (χ1v) is 5.14. The maximum Gasteiger partial charge on any atom is 0.305 e. The quantitative estimate of drug-likeness (QED) is 0.606. The lowest BCUT2D eigenvalue weighted by atomic mass is 10.2. The van der Waals surface area contributed by atoms with E-state index >= 15 is 0 Å². The Morgan fingerprint density at radius 3 is 2.94 bits per heavy atom. The minimum atomic E-state index is -0.462. The summed E-state index contributed by atoms with van der Waals surface area (Å²) >= 11 is 0. The van der Waals surface area contributed by atoms with E-state index in [4.69, 9.17) is 4.42 Å². The molecule has 2 heterocycles. The van der Waals surface area contributed by atoms with Crippen molar-refractivity contribution < 1.29 is 14.0 Å². The van der Waals surface area contributed by atoms with Gasteiger partial charge in [0.1, 0.15) is 0 Å². The molecule has 0 saturated carbocycles. The van der Waals surface area contributed by atoms with Crippen LogP contribution in [-0.4, -0.2) is 24.4 Å². The number of furan rings is 1. The molecule has 2 rings (SSSR count). The van der Waals surface area contributed by atoms with Gasteiger partial charge in [-0.2, -0.15) is 0 Å². The van der Waals surface area contributed by atoms with Gasteiger partial charge in [-0.1, -0.05) is 0 Å². The standard InChI is InChI=1S/C10H13N3O3/c14-9(7-3-1-5-11-7)12-13-10(15)8-4-2-6-16-8/h2,4,6-7,11H,1,3,5H2,(H,12,14)(H,13,15). The topological polar surface area (TPSA) is 83.4 Å². The highest BCUT2D eigenvalue weighted by atomic mass is 16.3. The molecule has 0 aliphatic carbocycles. The van der Waals surface area contributed by atoms with Crippen LogP contribution in [0, 0.1) is 0 Å². The van der Waals surface area contributed by atoms with Crippen molar-refractivity contribution in [3.05, 3.63) is 24.2 Å². The Labute approximate surface area is 92.4 Å². The fourth-order valence-electron chi connectivity index (χ4n) is 1.58. The van der Waals surface area contributed by atoms with E-state index < -0.39 is 5.91 Å². The van der Waals surface area contributed by atoms with Gasteiger partial charge < -0.3 is 9.73 Å². The minimum absolute atomic E-state index is 0.166. The summed E-state index contributed by atoms with van der Waals surface area (Å²) in [5.41, 5.74) is 4.64. The van der Waals surface area contributed by atoms with E-state index in [0.717, 1.165) is 19.4 Å². The number of hydrogen-bond donors (Lipinski definition) is 3. The summed E-state index contributed by atoms with van der Waals surface area (Å²) in [5, 5.41) is 3.03. The fourth-order valence-corrected chi connectivity index (χ4v) is 1.58. The largest absolute Gasteiger partial charge is 0.459 e. The van der Waals surface area contributed by atoms with Gasteiger partial charge in [0, 0.05) is 0 Å². The predicted molar refractivity (Wildman–Crippen MR) is 55.3 cm³/mol. The van der Waals surface area contributed by atoms with Crippen molar-refractivity contribution in [1.82, 2.24) is 16.2 Å². The SMILES string of the molecule is O=C(NNC(=O)C1CCCN1)c1ccco1. The molecule has 0 bridgehead atoms. The fraction of sp³-hybridized carbons (Fsp3) is 0.400. The van der Waals surface area contributed by atoms with Gasteiger partial charge in [-0.3, -0.25) is 20.4 Å². The van der Waals surface area contributed by atoms with E-state index in [1.807, 2.05) is 0 Å². The number of hydrogen-bond acceptors (Lipinski definition) is 4. The molecule has 1 saturated heterocycles. The van der Waals surface area contributed by atoms with Crippen LogP contribution >= 0.6 is 0 Å². The molecule has 0 radical (unpaired) electrons. The number of amides is 2. The van der Waals surface area contributed by atoms with E-state index in [-0.39, 0.29) is 17.7 Å². The summed E-state index contributed by atoms with van der Waals surface area (Å²) in [4.78, 5) is 22.9. The Morgan fingerprint density at radius 2 is 2.31 bits per heavy atom. The third kappa shape index (κ3) is 2.40. The molecule has 1 aliphatic rings. The minimum Gasteiger partial charge on any atom is -0.459 e. The third-order valence-electron chi connectivity index (χ3n) is 2.42. The molecule has 1 aromatic heterocycles. The molecule has 0 spiro atoms. The Balaban J connectivity index is 1.79. The molecule has 1 unspecified atom stereocenters. The molecule has 6 nitrogen and oxygen atoms in total. The van der Waals surface area contributed by atoms with E-state index in [2.05, 4.69) is 16.2 Å². The van der Waals surface area contributed by atoms with Crippen molar-refractivity contribution in [2.24, 2.45) is 0 Å². The lowest BCUT2D eigenvalue weighted by Gasteiger charge is -2.10. The Hall–Kier alpha value is -1.82. The second kappa shape index (κ2) is 4.80. The van der Waals surface area contributed by atoms with Gasteiger partial charge >= 0.3 is 5.91 Å². The Morgan fingerprint density at radius 1 is 1.44 bits per heavy atom. The van der Waals surface area contributed by atoms with Crippen molar-refractivity contribution in [2.75, 3.05) is 6.54 Å². The highest BCUT2D eigenvalue weighted by molar-refractivity contribution is 5.93. The zero-order chi connectivity index (χ0) is 11.4. The molecule has 1 aliphatic heterocycles. The van der Waals surface area contributed by atoms with E-state index in [0.29, 0.717) is 0 Å². The van der Waals surface area contributed by atoms with Crippen molar-refractivity contribution in [3.8, 4) is 0 Å². The molecular weight excluding hydrogens is 210 g/mol. The zero-order valence-electron chi connectivity index (χ0n) is 8.66. The van der Waals surface area contributed by atoms with Gasteiger partial charge in [-0.15, -0.1) is 0 Å². The second-order valence-corrected chi connectivity index (χ2v) is 3.57. The van der Waals surface area contributed by atoms with E-state index in [1.54, 1.807) is 6.07 Å². The highest BCUT2D eigenvalue weighted by Crippen LogP contribution is 2.04. The molecule has 16 heavy (non-hydrogen) atoms. The number of carbonyl (C=O) groups is 2. The molecule has 6 heteroatoms. The van der Waals surface area contributed by atoms with Crippen molar-refractivity contribution in [3.63, 3.8) is 0 Å². The third-order valence-corrected chi connectivity index (χ3v) is 2.42. The maximum absolute atomic E-state index is 11.5. The van der Waals surface area contributed by atoms with Gasteiger partial charge in [0.05, 0.1) is 12.3 Å². The van der Waals surface area contributed by atoms with Gasteiger partial charge in [-0.05, 0) is 31.5 Å². The Bertz CT molecular complexity index is 369. The number of carbonyl (C=O) groups excluding carboxylic acids is 2.